The molecule has 2 unspecified atom stereocenters. The summed E-state index contributed by atoms with van der Waals surface area (Å²) in [6.45, 7) is 2.05. The van der Waals surface area contributed by atoms with Crippen LogP contribution in [0.1, 0.15) is 19.8 Å². The number of hydrogen-bond donors (Lipinski definition) is 1. The zero-order valence-electron chi connectivity index (χ0n) is 10.3. The fourth-order valence-corrected chi connectivity index (χ4v) is 2.27. The molecule has 7 nitrogen and oxygen atoms in total. The average molecular weight is 253 g/mol. The lowest BCUT2D eigenvalue weighted by Gasteiger charge is -2.16. The van der Waals surface area contributed by atoms with Gasteiger partial charge in [-0.3, -0.25) is 34.3 Å². The van der Waals surface area contributed by atoms with E-state index < -0.39 is 12.1 Å². The predicted octanol–water partition coefficient (Wildman–Crippen LogP) is -1.52. The molecule has 0 aromatic carbocycles. The smallest absolute Gasteiger partial charge is 0.246 e. The molecule has 2 rings (SSSR count). The molecule has 98 valence electrons. The standard InChI is InChI=1S/C11H15N3O4/c1-3-14-9(16)5-7(11(14)18)12-6-4-8(15)13(2)10(6)17/h6-7,12H,3-5H2,1-2H3. The van der Waals surface area contributed by atoms with Crippen molar-refractivity contribution < 1.29 is 19.2 Å². The van der Waals surface area contributed by atoms with Gasteiger partial charge in [0.25, 0.3) is 0 Å². The van der Waals surface area contributed by atoms with Crippen molar-refractivity contribution in [3.8, 4) is 0 Å². The number of carbonyl (C=O) groups is 4. The number of likely N-dealkylation sites (N-methyl/N-ethyl adjacent to an activating group) is 2. The van der Waals surface area contributed by atoms with Crippen molar-refractivity contribution in [1.82, 2.24) is 15.1 Å². The van der Waals surface area contributed by atoms with E-state index in [0.717, 1.165) is 9.80 Å². The number of rotatable bonds is 3. The van der Waals surface area contributed by atoms with Crippen LogP contribution in [-0.2, 0) is 19.2 Å². The minimum atomic E-state index is -0.693. The van der Waals surface area contributed by atoms with Gasteiger partial charge in [-0.05, 0) is 6.92 Å². The number of imide groups is 2. The van der Waals surface area contributed by atoms with Gasteiger partial charge in [0.1, 0.15) is 0 Å². The maximum atomic E-state index is 11.8. The summed E-state index contributed by atoms with van der Waals surface area (Å²) >= 11 is 0. The Labute approximate surface area is 104 Å². The largest absolute Gasteiger partial charge is 0.294 e. The highest BCUT2D eigenvalue weighted by atomic mass is 16.2. The quantitative estimate of drug-likeness (QED) is 0.617. The highest BCUT2D eigenvalue weighted by Crippen LogP contribution is 2.17. The Kier molecular flexibility index (Phi) is 3.16. The van der Waals surface area contributed by atoms with Crippen LogP contribution >= 0.6 is 0 Å². The molecule has 2 fully saturated rings. The zero-order valence-corrected chi connectivity index (χ0v) is 10.3. The van der Waals surface area contributed by atoms with E-state index in [2.05, 4.69) is 5.32 Å². The van der Waals surface area contributed by atoms with Crippen molar-refractivity contribution in [1.29, 1.82) is 0 Å². The van der Waals surface area contributed by atoms with E-state index in [1.807, 2.05) is 0 Å². The van der Waals surface area contributed by atoms with Crippen molar-refractivity contribution in [3.63, 3.8) is 0 Å². The first kappa shape index (κ1) is 12.7. The molecule has 0 aromatic heterocycles. The highest BCUT2D eigenvalue weighted by Gasteiger charge is 2.43. The van der Waals surface area contributed by atoms with Crippen molar-refractivity contribution in [2.45, 2.75) is 31.8 Å². The predicted molar refractivity (Wildman–Crippen MR) is 60.1 cm³/mol. The van der Waals surface area contributed by atoms with Gasteiger partial charge >= 0.3 is 0 Å². The van der Waals surface area contributed by atoms with Crippen LogP contribution in [0, 0.1) is 0 Å². The minimum Gasteiger partial charge on any atom is -0.294 e. The fraction of sp³-hybridized carbons (Fsp3) is 0.636. The maximum Gasteiger partial charge on any atom is 0.246 e. The Bertz CT molecular complexity index is 434. The molecule has 2 heterocycles. The summed E-state index contributed by atoms with van der Waals surface area (Å²) in [7, 11) is 1.41. The van der Waals surface area contributed by atoms with Crippen LogP contribution in [0.15, 0.2) is 0 Å². The van der Waals surface area contributed by atoms with E-state index in [-0.39, 0.29) is 36.5 Å². The molecular weight excluding hydrogens is 238 g/mol. The Hall–Kier alpha value is -1.76. The highest BCUT2D eigenvalue weighted by molar-refractivity contribution is 6.07. The van der Waals surface area contributed by atoms with Gasteiger partial charge in [-0.25, -0.2) is 0 Å². The lowest BCUT2D eigenvalue weighted by molar-refractivity contribution is -0.138. The second-order valence-corrected chi connectivity index (χ2v) is 4.45. The third-order valence-electron chi connectivity index (χ3n) is 3.34. The van der Waals surface area contributed by atoms with Crippen LogP contribution in [-0.4, -0.2) is 59.1 Å². The Morgan fingerprint density at radius 1 is 1.06 bits per heavy atom. The van der Waals surface area contributed by atoms with E-state index in [9.17, 15) is 19.2 Å². The van der Waals surface area contributed by atoms with Crippen LogP contribution in [0.4, 0.5) is 0 Å². The van der Waals surface area contributed by atoms with Gasteiger partial charge in [-0.1, -0.05) is 0 Å². The SMILES string of the molecule is CCN1C(=O)CC(NC2CC(=O)N(C)C2=O)C1=O. The first-order chi connectivity index (χ1) is 8.45. The van der Waals surface area contributed by atoms with Crippen LogP contribution in [0.25, 0.3) is 0 Å². The molecule has 0 aliphatic carbocycles. The average Bonchev–Trinajstić information content (AvgIpc) is 2.72. The van der Waals surface area contributed by atoms with Crippen LogP contribution in [0.5, 0.6) is 0 Å². The molecule has 0 spiro atoms. The van der Waals surface area contributed by atoms with Crippen molar-refractivity contribution in [2.24, 2.45) is 0 Å². The van der Waals surface area contributed by atoms with Gasteiger partial charge in [-0.2, -0.15) is 0 Å². The Morgan fingerprint density at radius 3 is 2.06 bits per heavy atom. The summed E-state index contributed by atoms with van der Waals surface area (Å²) in [5.41, 5.74) is 0. The molecule has 2 atom stereocenters. The van der Waals surface area contributed by atoms with Gasteiger partial charge in [0, 0.05) is 13.6 Å². The van der Waals surface area contributed by atoms with Crippen LogP contribution < -0.4 is 5.32 Å². The molecule has 2 aliphatic rings. The monoisotopic (exact) mass is 253 g/mol. The van der Waals surface area contributed by atoms with Gasteiger partial charge in [-0.15, -0.1) is 0 Å². The normalized spacial score (nSPS) is 28.8. The van der Waals surface area contributed by atoms with E-state index in [4.69, 9.17) is 0 Å². The van der Waals surface area contributed by atoms with Crippen molar-refractivity contribution >= 4 is 23.6 Å². The molecule has 7 heteroatoms. The number of nitrogens with one attached hydrogen (secondary N) is 1. The molecular formula is C11H15N3O4. The summed E-state index contributed by atoms with van der Waals surface area (Å²) < 4.78 is 0. The number of likely N-dealkylation sites (tertiary alicyclic amines) is 2. The molecule has 0 saturated carbocycles. The van der Waals surface area contributed by atoms with Crippen LogP contribution in [0.2, 0.25) is 0 Å². The molecule has 2 aliphatic heterocycles. The van der Waals surface area contributed by atoms with E-state index >= 15 is 0 Å². The molecule has 18 heavy (non-hydrogen) atoms. The summed E-state index contributed by atoms with van der Waals surface area (Å²) in [6, 6.07) is -1.38. The van der Waals surface area contributed by atoms with E-state index in [1.165, 1.54) is 7.05 Å². The summed E-state index contributed by atoms with van der Waals surface area (Å²) in [6.07, 6.45) is 0.0911. The number of amides is 4. The Morgan fingerprint density at radius 2 is 1.61 bits per heavy atom. The third-order valence-corrected chi connectivity index (χ3v) is 3.34. The molecule has 0 radical (unpaired) electrons. The molecule has 0 bridgehead atoms. The topological polar surface area (TPSA) is 86.8 Å². The third kappa shape index (κ3) is 1.90. The summed E-state index contributed by atoms with van der Waals surface area (Å²) in [4.78, 5) is 48.6. The molecule has 0 aromatic rings. The number of carbonyl (C=O) groups excluding carboxylic acids is 4. The van der Waals surface area contributed by atoms with Crippen molar-refractivity contribution in [3.05, 3.63) is 0 Å². The molecule has 4 amide bonds. The fourth-order valence-electron chi connectivity index (χ4n) is 2.27. The minimum absolute atomic E-state index is 0.0411. The molecule has 1 N–H and O–H groups in total. The van der Waals surface area contributed by atoms with Crippen LogP contribution in [0.3, 0.4) is 0 Å². The number of hydrogen-bond acceptors (Lipinski definition) is 5. The first-order valence-electron chi connectivity index (χ1n) is 5.86. The van der Waals surface area contributed by atoms with Gasteiger partial charge in [0.2, 0.25) is 23.6 Å². The van der Waals surface area contributed by atoms with Gasteiger partial charge in [0.15, 0.2) is 0 Å². The Balaban J connectivity index is 2.04. The zero-order chi connectivity index (χ0) is 13.4. The summed E-state index contributed by atoms with van der Waals surface area (Å²) in [5, 5.41) is 2.81. The maximum absolute atomic E-state index is 11.8. The summed E-state index contributed by atoms with van der Waals surface area (Å²) in [5.74, 6) is -1.20. The first-order valence-corrected chi connectivity index (χ1v) is 5.86. The second kappa shape index (κ2) is 4.49. The van der Waals surface area contributed by atoms with E-state index in [1.54, 1.807) is 6.92 Å². The second-order valence-electron chi connectivity index (χ2n) is 4.45. The van der Waals surface area contributed by atoms with Gasteiger partial charge in [0.05, 0.1) is 24.9 Å². The number of nitrogens with zero attached hydrogens (tertiary/aromatic N) is 2. The lowest BCUT2D eigenvalue weighted by atomic mass is 10.2. The van der Waals surface area contributed by atoms with E-state index in [0.29, 0.717) is 6.54 Å². The van der Waals surface area contributed by atoms with Gasteiger partial charge < -0.3 is 0 Å². The molecule has 2 saturated heterocycles. The lowest BCUT2D eigenvalue weighted by Crippen LogP contribution is -2.46. The van der Waals surface area contributed by atoms with Crippen molar-refractivity contribution in [2.75, 3.05) is 13.6 Å².